The second kappa shape index (κ2) is 9.73. The molecule has 1 saturated carbocycles. The van der Waals surface area contributed by atoms with Gasteiger partial charge in [-0.25, -0.2) is 9.97 Å². The van der Waals surface area contributed by atoms with Crippen molar-refractivity contribution in [2.45, 2.75) is 58.2 Å². The van der Waals surface area contributed by atoms with Crippen LogP contribution in [0.25, 0.3) is 0 Å². The third-order valence-corrected chi connectivity index (χ3v) is 5.19. The molecule has 0 aliphatic heterocycles. The molecule has 0 unspecified atom stereocenters. The largest absolute Gasteiger partial charge is 0.494 e. The fraction of sp³-hybridized carbons (Fsp3) is 0.545. The third kappa shape index (κ3) is 5.83. The number of nitrogens with one attached hydrogen (secondary N) is 2. The second-order valence-electron chi connectivity index (χ2n) is 7.70. The molecule has 0 radical (unpaired) electrons. The Morgan fingerprint density at radius 1 is 1.04 bits per heavy atom. The lowest BCUT2D eigenvalue weighted by molar-refractivity contribution is 0.339. The molecule has 3 rings (SSSR count). The molecule has 28 heavy (non-hydrogen) atoms. The van der Waals surface area contributed by atoms with Crippen molar-refractivity contribution >= 4 is 11.6 Å². The quantitative estimate of drug-likeness (QED) is 0.724. The summed E-state index contributed by atoms with van der Waals surface area (Å²) >= 11 is 0. The van der Waals surface area contributed by atoms with Crippen LogP contribution in [0.5, 0.6) is 5.75 Å². The number of benzene rings is 1. The summed E-state index contributed by atoms with van der Waals surface area (Å²) in [6.45, 7) is 5.57. The highest BCUT2D eigenvalue weighted by Gasteiger charge is 2.21. The number of anilines is 2. The van der Waals surface area contributed by atoms with Crippen LogP contribution in [-0.4, -0.2) is 42.8 Å². The van der Waals surface area contributed by atoms with Crippen LogP contribution in [0.3, 0.4) is 0 Å². The zero-order valence-electron chi connectivity index (χ0n) is 17.5. The van der Waals surface area contributed by atoms with Gasteiger partial charge in [0.2, 0.25) is 0 Å². The predicted octanol–water partition coefficient (Wildman–Crippen LogP) is 3.76. The van der Waals surface area contributed by atoms with E-state index in [2.05, 4.69) is 32.7 Å². The van der Waals surface area contributed by atoms with Gasteiger partial charge in [-0.2, -0.15) is 0 Å². The average Bonchev–Trinajstić information content (AvgIpc) is 2.68. The highest BCUT2D eigenvalue weighted by molar-refractivity contribution is 5.49. The minimum Gasteiger partial charge on any atom is -0.494 e. The zero-order valence-corrected chi connectivity index (χ0v) is 17.5. The molecule has 1 heterocycles. The van der Waals surface area contributed by atoms with Gasteiger partial charge in [0.15, 0.2) is 0 Å². The van der Waals surface area contributed by atoms with E-state index >= 15 is 0 Å². The van der Waals surface area contributed by atoms with Gasteiger partial charge in [-0.05, 0) is 57.2 Å². The van der Waals surface area contributed by atoms with Crippen LogP contribution in [0, 0.1) is 6.92 Å². The number of aromatic nitrogens is 2. The summed E-state index contributed by atoms with van der Waals surface area (Å²) in [7, 11) is 4.01. The van der Waals surface area contributed by atoms with Gasteiger partial charge in [0.1, 0.15) is 23.2 Å². The van der Waals surface area contributed by atoms with Crippen molar-refractivity contribution in [1.29, 1.82) is 0 Å². The van der Waals surface area contributed by atoms with E-state index in [1.165, 1.54) is 18.4 Å². The van der Waals surface area contributed by atoms with Crippen LogP contribution in [-0.2, 0) is 6.54 Å². The summed E-state index contributed by atoms with van der Waals surface area (Å²) in [5.41, 5.74) is 1.30. The lowest BCUT2D eigenvalue weighted by Gasteiger charge is -2.30. The third-order valence-electron chi connectivity index (χ3n) is 5.19. The number of ether oxygens (including phenoxy) is 1. The molecule has 1 fully saturated rings. The van der Waals surface area contributed by atoms with Crippen molar-refractivity contribution in [3.8, 4) is 5.75 Å². The van der Waals surface area contributed by atoms with Crippen molar-refractivity contribution < 1.29 is 4.74 Å². The van der Waals surface area contributed by atoms with E-state index in [0.717, 1.165) is 42.6 Å². The summed E-state index contributed by atoms with van der Waals surface area (Å²) in [5, 5.41) is 7.32. The first-order valence-electron chi connectivity index (χ1n) is 10.3. The van der Waals surface area contributed by atoms with Gasteiger partial charge in [0.05, 0.1) is 6.61 Å². The van der Waals surface area contributed by atoms with Crippen LogP contribution >= 0.6 is 0 Å². The van der Waals surface area contributed by atoms with Gasteiger partial charge in [-0.15, -0.1) is 0 Å². The Morgan fingerprint density at radius 2 is 1.71 bits per heavy atom. The molecular formula is C22H33N5O. The fourth-order valence-electron chi connectivity index (χ4n) is 3.64. The normalized spacial score (nSPS) is 19.3. The first-order chi connectivity index (χ1) is 13.5. The Labute approximate surface area is 168 Å². The van der Waals surface area contributed by atoms with Crippen LogP contribution in [0.1, 0.15) is 44.0 Å². The van der Waals surface area contributed by atoms with Gasteiger partial charge >= 0.3 is 0 Å². The van der Waals surface area contributed by atoms with Crippen LogP contribution in [0.2, 0.25) is 0 Å². The number of rotatable bonds is 8. The maximum atomic E-state index is 5.50. The Morgan fingerprint density at radius 3 is 2.36 bits per heavy atom. The van der Waals surface area contributed by atoms with Gasteiger partial charge in [-0.1, -0.05) is 12.1 Å². The lowest BCUT2D eigenvalue weighted by atomic mass is 9.91. The van der Waals surface area contributed by atoms with Crippen molar-refractivity contribution in [2.75, 3.05) is 30.9 Å². The SMILES string of the molecule is CCOc1ccc(CNC2CCC(Nc3cc(N(C)C)nc(C)n3)CC2)cc1. The smallest absolute Gasteiger partial charge is 0.133 e. The Hall–Kier alpha value is -2.34. The Kier molecular flexibility index (Phi) is 7.09. The minimum atomic E-state index is 0.479. The summed E-state index contributed by atoms with van der Waals surface area (Å²) in [4.78, 5) is 11.0. The summed E-state index contributed by atoms with van der Waals surface area (Å²) in [6.07, 6.45) is 4.67. The van der Waals surface area contributed by atoms with Gasteiger partial charge in [0, 0.05) is 38.8 Å². The van der Waals surface area contributed by atoms with E-state index in [1.54, 1.807) is 0 Å². The van der Waals surface area contributed by atoms with Crippen LogP contribution in [0.15, 0.2) is 30.3 Å². The highest BCUT2D eigenvalue weighted by Crippen LogP contribution is 2.23. The maximum Gasteiger partial charge on any atom is 0.133 e. The number of hydrogen-bond donors (Lipinski definition) is 2. The molecule has 1 aliphatic carbocycles. The molecule has 1 aliphatic rings. The summed E-state index contributed by atoms with van der Waals surface area (Å²) < 4.78 is 5.50. The maximum absolute atomic E-state index is 5.50. The van der Waals surface area contributed by atoms with Gasteiger partial charge in [0.25, 0.3) is 0 Å². The molecule has 0 saturated heterocycles. The molecule has 1 aromatic heterocycles. The van der Waals surface area contributed by atoms with Crippen molar-refractivity contribution in [3.63, 3.8) is 0 Å². The summed E-state index contributed by atoms with van der Waals surface area (Å²) in [6, 6.07) is 11.5. The van der Waals surface area contributed by atoms with Crippen molar-refractivity contribution in [1.82, 2.24) is 15.3 Å². The number of aryl methyl sites for hydroxylation is 1. The van der Waals surface area contributed by atoms with E-state index in [0.29, 0.717) is 18.7 Å². The molecule has 6 nitrogen and oxygen atoms in total. The minimum absolute atomic E-state index is 0.479. The fourth-order valence-corrected chi connectivity index (χ4v) is 3.64. The summed E-state index contributed by atoms with van der Waals surface area (Å²) in [5.74, 6) is 3.62. The van der Waals surface area contributed by atoms with Gasteiger partial charge < -0.3 is 20.3 Å². The van der Waals surface area contributed by atoms with Crippen LogP contribution < -0.4 is 20.3 Å². The molecule has 152 valence electrons. The molecule has 0 atom stereocenters. The monoisotopic (exact) mass is 383 g/mol. The van der Waals surface area contributed by atoms with E-state index in [-0.39, 0.29) is 0 Å². The van der Waals surface area contributed by atoms with E-state index < -0.39 is 0 Å². The first kappa shape index (κ1) is 20.4. The lowest BCUT2D eigenvalue weighted by Crippen LogP contribution is -2.36. The standard InChI is InChI=1S/C22H33N5O/c1-5-28-20-12-6-17(7-13-20)15-23-18-8-10-19(11-9-18)26-21-14-22(27(3)4)25-16(2)24-21/h6-7,12-14,18-19,23H,5,8-11,15H2,1-4H3,(H,24,25,26). The molecular weight excluding hydrogens is 350 g/mol. The molecule has 2 N–H and O–H groups in total. The predicted molar refractivity (Wildman–Crippen MR) is 115 cm³/mol. The molecule has 0 amide bonds. The molecule has 2 aromatic rings. The highest BCUT2D eigenvalue weighted by atomic mass is 16.5. The molecule has 1 aromatic carbocycles. The van der Waals surface area contributed by atoms with E-state index in [9.17, 15) is 0 Å². The molecule has 0 spiro atoms. The Bertz CT molecular complexity index is 739. The zero-order chi connectivity index (χ0) is 19.9. The van der Waals surface area contributed by atoms with E-state index in [4.69, 9.17) is 4.74 Å². The first-order valence-corrected chi connectivity index (χ1v) is 10.3. The van der Waals surface area contributed by atoms with Gasteiger partial charge in [-0.3, -0.25) is 0 Å². The Balaban J connectivity index is 1.44. The number of nitrogens with zero attached hydrogens (tertiary/aromatic N) is 3. The topological polar surface area (TPSA) is 62.3 Å². The van der Waals surface area contributed by atoms with Crippen molar-refractivity contribution in [3.05, 3.63) is 41.7 Å². The van der Waals surface area contributed by atoms with Crippen LogP contribution in [0.4, 0.5) is 11.6 Å². The second-order valence-corrected chi connectivity index (χ2v) is 7.70. The van der Waals surface area contributed by atoms with Crippen molar-refractivity contribution in [2.24, 2.45) is 0 Å². The average molecular weight is 384 g/mol. The van der Waals surface area contributed by atoms with E-state index in [1.807, 2.05) is 51.0 Å². The number of hydrogen-bond acceptors (Lipinski definition) is 6. The molecule has 6 heteroatoms. The molecule has 0 bridgehead atoms.